The third-order valence-corrected chi connectivity index (χ3v) is 2.95. The molecule has 1 unspecified atom stereocenters. The van der Waals surface area contributed by atoms with Gasteiger partial charge in [0.2, 0.25) is 0 Å². The third kappa shape index (κ3) is 4.35. The molecule has 0 fully saturated rings. The summed E-state index contributed by atoms with van der Waals surface area (Å²) in [4.78, 5) is 10.8. The summed E-state index contributed by atoms with van der Waals surface area (Å²) in [6.45, 7) is 2.11. The fourth-order valence-corrected chi connectivity index (χ4v) is 2.00. The molecule has 2 rings (SSSR count). The zero-order valence-electron chi connectivity index (χ0n) is 11.4. The second-order valence-corrected chi connectivity index (χ2v) is 4.73. The molecule has 0 saturated carbocycles. The van der Waals surface area contributed by atoms with E-state index in [4.69, 9.17) is 10.2 Å². The molecule has 1 aromatic heterocycles. The van der Waals surface area contributed by atoms with Crippen molar-refractivity contribution in [1.82, 2.24) is 0 Å². The van der Waals surface area contributed by atoms with Gasteiger partial charge >= 0.3 is 6.03 Å². The molecule has 5 nitrogen and oxygen atoms in total. The van der Waals surface area contributed by atoms with Crippen LogP contribution in [0.1, 0.15) is 19.1 Å². The summed E-state index contributed by atoms with van der Waals surface area (Å²) in [5.41, 5.74) is 6.73. The Morgan fingerprint density at radius 3 is 2.80 bits per heavy atom. The lowest BCUT2D eigenvalue weighted by Crippen LogP contribution is -2.20. The predicted octanol–water partition coefficient (Wildman–Crippen LogP) is 3.20. The quantitative estimate of drug-likeness (QED) is 0.756. The molecule has 20 heavy (non-hydrogen) atoms. The van der Waals surface area contributed by atoms with Gasteiger partial charge in [-0.3, -0.25) is 0 Å². The van der Waals surface area contributed by atoms with Crippen LogP contribution in [-0.2, 0) is 6.42 Å². The van der Waals surface area contributed by atoms with E-state index in [1.165, 1.54) is 0 Å². The minimum absolute atomic E-state index is 0.295. The molecule has 0 aliphatic rings. The third-order valence-electron chi connectivity index (χ3n) is 2.95. The molecule has 1 heterocycles. The van der Waals surface area contributed by atoms with Gasteiger partial charge < -0.3 is 20.8 Å². The highest BCUT2D eigenvalue weighted by molar-refractivity contribution is 5.88. The number of furan rings is 1. The van der Waals surface area contributed by atoms with Gasteiger partial charge in [-0.2, -0.15) is 0 Å². The lowest BCUT2D eigenvalue weighted by Gasteiger charge is -2.15. The molecule has 0 radical (unpaired) electrons. The van der Waals surface area contributed by atoms with E-state index in [2.05, 4.69) is 17.6 Å². The number of amides is 2. The van der Waals surface area contributed by atoms with E-state index in [9.17, 15) is 4.79 Å². The van der Waals surface area contributed by atoms with Gasteiger partial charge in [0.05, 0.1) is 6.26 Å². The Kier molecular flexibility index (Phi) is 4.65. The molecular weight excluding hydrogens is 254 g/mol. The molecule has 0 aliphatic heterocycles. The van der Waals surface area contributed by atoms with E-state index in [0.29, 0.717) is 11.7 Å². The van der Waals surface area contributed by atoms with Crippen molar-refractivity contribution in [3.63, 3.8) is 0 Å². The van der Waals surface area contributed by atoms with Crippen LogP contribution in [0.25, 0.3) is 0 Å². The molecule has 1 atom stereocenters. The van der Waals surface area contributed by atoms with Crippen molar-refractivity contribution >= 4 is 17.4 Å². The first kappa shape index (κ1) is 14.0. The monoisotopic (exact) mass is 273 g/mol. The highest BCUT2D eigenvalue weighted by Crippen LogP contribution is 2.17. The predicted molar refractivity (Wildman–Crippen MR) is 79.8 cm³/mol. The second-order valence-electron chi connectivity index (χ2n) is 4.73. The molecule has 0 spiro atoms. The number of urea groups is 1. The van der Waals surface area contributed by atoms with E-state index < -0.39 is 6.03 Å². The van der Waals surface area contributed by atoms with Gasteiger partial charge in [0.15, 0.2) is 0 Å². The van der Waals surface area contributed by atoms with Crippen LogP contribution in [-0.4, -0.2) is 12.1 Å². The molecule has 5 heteroatoms. The SMILES string of the molecule is CC(CCc1ccco1)Nc1cccc(NC(N)=O)c1. The summed E-state index contributed by atoms with van der Waals surface area (Å²) < 4.78 is 5.31. The largest absolute Gasteiger partial charge is 0.469 e. The van der Waals surface area contributed by atoms with E-state index in [1.54, 1.807) is 12.3 Å². The number of anilines is 2. The summed E-state index contributed by atoms with van der Waals surface area (Å²) in [6, 6.07) is 11.1. The van der Waals surface area contributed by atoms with E-state index >= 15 is 0 Å². The van der Waals surface area contributed by atoms with E-state index in [0.717, 1.165) is 24.3 Å². The normalized spacial score (nSPS) is 11.8. The first-order valence-corrected chi connectivity index (χ1v) is 6.59. The summed E-state index contributed by atoms with van der Waals surface area (Å²) in [6.07, 6.45) is 3.54. The number of primary amides is 1. The average Bonchev–Trinajstić information content (AvgIpc) is 2.89. The van der Waals surface area contributed by atoms with Crippen molar-refractivity contribution in [1.29, 1.82) is 0 Å². The van der Waals surface area contributed by atoms with Gasteiger partial charge in [-0.15, -0.1) is 0 Å². The first-order chi connectivity index (χ1) is 9.63. The lowest BCUT2D eigenvalue weighted by molar-refractivity contribution is 0.259. The Morgan fingerprint density at radius 1 is 1.30 bits per heavy atom. The van der Waals surface area contributed by atoms with Gasteiger partial charge in [0.1, 0.15) is 5.76 Å². The van der Waals surface area contributed by atoms with Crippen LogP contribution >= 0.6 is 0 Å². The summed E-state index contributed by atoms with van der Waals surface area (Å²) in [7, 11) is 0. The molecule has 0 aliphatic carbocycles. The number of hydrogen-bond donors (Lipinski definition) is 3. The highest BCUT2D eigenvalue weighted by Gasteiger charge is 2.05. The van der Waals surface area contributed by atoms with Crippen LogP contribution in [0.2, 0.25) is 0 Å². The molecule has 0 saturated heterocycles. The zero-order valence-corrected chi connectivity index (χ0v) is 11.4. The Labute approximate surface area is 118 Å². The zero-order chi connectivity index (χ0) is 14.4. The molecular formula is C15H19N3O2. The van der Waals surface area contributed by atoms with Gasteiger partial charge in [-0.25, -0.2) is 4.79 Å². The van der Waals surface area contributed by atoms with Crippen molar-refractivity contribution in [2.24, 2.45) is 5.73 Å². The fourth-order valence-electron chi connectivity index (χ4n) is 2.00. The molecule has 1 aromatic carbocycles. The Bertz CT molecular complexity index is 552. The molecule has 106 valence electrons. The standard InChI is InChI=1S/C15H19N3O2/c1-11(7-8-14-6-3-9-20-14)17-12-4-2-5-13(10-12)18-15(16)19/h2-6,9-11,17H,7-8H2,1H3,(H3,16,18,19). The number of rotatable bonds is 6. The number of carbonyl (C=O) groups excluding carboxylic acids is 1. The van der Waals surface area contributed by atoms with Gasteiger partial charge in [0, 0.05) is 23.8 Å². The Hall–Kier alpha value is -2.43. The maximum Gasteiger partial charge on any atom is 0.316 e. The summed E-state index contributed by atoms with van der Waals surface area (Å²) >= 11 is 0. The maximum atomic E-state index is 10.8. The first-order valence-electron chi connectivity index (χ1n) is 6.59. The van der Waals surface area contributed by atoms with Crippen LogP contribution in [0.4, 0.5) is 16.2 Å². The number of aryl methyl sites for hydroxylation is 1. The minimum atomic E-state index is -0.562. The summed E-state index contributed by atoms with van der Waals surface area (Å²) in [5, 5.41) is 5.94. The maximum absolute atomic E-state index is 10.8. The van der Waals surface area contributed by atoms with Crippen LogP contribution in [0.5, 0.6) is 0 Å². The van der Waals surface area contributed by atoms with Crippen molar-refractivity contribution in [2.75, 3.05) is 10.6 Å². The molecule has 4 N–H and O–H groups in total. The molecule has 0 bridgehead atoms. The topological polar surface area (TPSA) is 80.3 Å². The van der Waals surface area contributed by atoms with Crippen LogP contribution in [0.15, 0.2) is 47.1 Å². The molecule has 2 aromatic rings. The van der Waals surface area contributed by atoms with Gasteiger partial charge in [0.25, 0.3) is 0 Å². The van der Waals surface area contributed by atoms with E-state index in [1.807, 2.05) is 30.3 Å². The van der Waals surface area contributed by atoms with Crippen LogP contribution < -0.4 is 16.4 Å². The van der Waals surface area contributed by atoms with Crippen molar-refractivity contribution < 1.29 is 9.21 Å². The van der Waals surface area contributed by atoms with Gasteiger partial charge in [-0.1, -0.05) is 6.07 Å². The highest BCUT2D eigenvalue weighted by atomic mass is 16.3. The Balaban J connectivity index is 1.87. The van der Waals surface area contributed by atoms with Crippen LogP contribution in [0, 0.1) is 0 Å². The smallest absolute Gasteiger partial charge is 0.316 e. The van der Waals surface area contributed by atoms with Crippen molar-refractivity contribution in [3.8, 4) is 0 Å². The number of nitrogens with one attached hydrogen (secondary N) is 2. The van der Waals surface area contributed by atoms with Gasteiger partial charge in [-0.05, 0) is 43.7 Å². The molecule has 2 amide bonds. The van der Waals surface area contributed by atoms with E-state index in [-0.39, 0.29) is 0 Å². The summed E-state index contributed by atoms with van der Waals surface area (Å²) in [5.74, 6) is 0.989. The fraction of sp³-hybridized carbons (Fsp3) is 0.267. The minimum Gasteiger partial charge on any atom is -0.469 e. The van der Waals surface area contributed by atoms with Crippen molar-refractivity contribution in [2.45, 2.75) is 25.8 Å². The lowest BCUT2D eigenvalue weighted by atomic mass is 10.1. The number of hydrogen-bond acceptors (Lipinski definition) is 3. The number of benzene rings is 1. The average molecular weight is 273 g/mol. The number of nitrogens with two attached hydrogens (primary N) is 1. The Morgan fingerprint density at radius 2 is 2.10 bits per heavy atom. The van der Waals surface area contributed by atoms with Crippen molar-refractivity contribution in [3.05, 3.63) is 48.4 Å². The van der Waals surface area contributed by atoms with Crippen LogP contribution in [0.3, 0.4) is 0 Å². The number of carbonyl (C=O) groups is 1. The second kappa shape index (κ2) is 6.65.